The molecule has 2 heterocycles. The third-order valence-corrected chi connectivity index (χ3v) is 2.92. The van der Waals surface area contributed by atoms with E-state index in [9.17, 15) is 5.11 Å². The van der Waals surface area contributed by atoms with E-state index in [1.54, 1.807) is 14.0 Å². The van der Waals surface area contributed by atoms with Gasteiger partial charge < -0.3 is 19.3 Å². The van der Waals surface area contributed by atoms with Crippen LogP contribution in [0.3, 0.4) is 0 Å². The van der Waals surface area contributed by atoms with Gasteiger partial charge in [-0.25, -0.2) is 0 Å². The monoisotopic (exact) mass is 184 g/mol. The van der Waals surface area contributed by atoms with Crippen molar-refractivity contribution < 1.29 is 19.3 Å². The average Bonchev–Trinajstić information content (AvgIpc) is 2.56. The second-order valence-electron chi connectivity index (χ2n) is 3.65. The third kappa shape index (κ3) is 1.08. The summed E-state index contributed by atoms with van der Waals surface area (Å²) in [7, 11) is 7.24. The Kier molecular flexibility index (Phi) is 2.15. The molecule has 5 heteroatoms. The molecule has 4 nitrogen and oxygen atoms in total. The number of aliphatic hydroxyl groups excluding tert-OH is 1. The van der Waals surface area contributed by atoms with Crippen LogP contribution in [0.5, 0.6) is 0 Å². The summed E-state index contributed by atoms with van der Waals surface area (Å²) in [5.74, 6) is 0. The number of hydrogen-bond acceptors (Lipinski definition) is 4. The number of hydrogen-bond donors (Lipinski definition) is 1. The van der Waals surface area contributed by atoms with Crippen molar-refractivity contribution >= 4 is 7.85 Å². The van der Waals surface area contributed by atoms with Gasteiger partial charge >= 0.3 is 0 Å². The van der Waals surface area contributed by atoms with Crippen LogP contribution in [0.4, 0.5) is 0 Å². The van der Waals surface area contributed by atoms with Gasteiger partial charge in [0.25, 0.3) is 0 Å². The summed E-state index contributed by atoms with van der Waals surface area (Å²) in [6, 6.07) is -0.492. The summed E-state index contributed by atoms with van der Waals surface area (Å²) >= 11 is 0. The van der Waals surface area contributed by atoms with Crippen molar-refractivity contribution in [3.63, 3.8) is 0 Å². The molecule has 2 fully saturated rings. The molecule has 2 rings (SSSR count). The summed E-state index contributed by atoms with van der Waals surface area (Å²) in [6.45, 7) is 2.01. The van der Waals surface area contributed by atoms with E-state index in [1.807, 2.05) is 0 Å². The van der Waals surface area contributed by atoms with E-state index in [0.29, 0.717) is 6.61 Å². The molecule has 2 saturated heterocycles. The highest BCUT2D eigenvalue weighted by atomic mass is 16.7. The number of methoxy groups -OCH3 is 1. The van der Waals surface area contributed by atoms with Crippen molar-refractivity contribution in [3.05, 3.63) is 0 Å². The van der Waals surface area contributed by atoms with E-state index in [0.717, 1.165) is 0 Å². The molecule has 2 radical (unpaired) electrons. The molecular formula is C8H13BO4. The molecule has 2 aliphatic rings. The second kappa shape index (κ2) is 2.95. The van der Waals surface area contributed by atoms with Gasteiger partial charge in [0.05, 0.1) is 12.7 Å². The van der Waals surface area contributed by atoms with Crippen molar-refractivity contribution in [3.8, 4) is 0 Å². The largest absolute Gasteiger partial charge is 0.390 e. The van der Waals surface area contributed by atoms with Gasteiger partial charge in [-0.2, -0.15) is 0 Å². The first-order valence-corrected chi connectivity index (χ1v) is 4.37. The van der Waals surface area contributed by atoms with Gasteiger partial charge in [0.2, 0.25) is 0 Å². The molecule has 2 aliphatic heterocycles. The summed E-state index contributed by atoms with van der Waals surface area (Å²) in [5.41, 5.74) is -0.765. The van der Waals surface area contributed by atoms with Gasteiger partial charge in [-0.3, -0.25) is 0 Å². The lowest BCUT2D eigenvalue weighted by Gasteiger charge is -2.32. The first kappa shape index (κ1) is 9.46. The second-order valence-corrected chi connectivity index (χ2v) is 3.65. The van der Waals surface area contributed by atoms with Crippen molar-refractivity contribution in [1.29, 1.82) is 0 Å². The lowest BCUT2D eigenvalue weighted by atomic mass is 9.89. The number of fused-ring (bicyclic) bond motifs is 2. The third-order valence-electron chi connectivity index (χ3n) is 2.92. The number of rotatable bonds is 2. The standard InChI is InChI=1S/C8H13BO4/c1-4(10)8-3-12-5(6(8)11-2)7(9)13-8/h4-7,10H,3H2,1-2H3/t4?,5?,6?,7?,8-/m1/s1. The van der Waals surface area contributed by atoms with Gasteiger partial charge in [0, 0.05) is 13.1 Å². The van der Waals surface area contributed by atoms with E-state index in [4.69, 9.17) is 22.1 Å². The van der Waals surface area contributed by atoms with Crippen LogP contribution in [0, 0.1) is 0 Å². The zero-order valence-electron chi connectivity index (χ0n) is 7.77. The molecule has 0 spiro atoms. The Balaban J connectivity index is 2.27. The lowest BCUT2D eigenvalue weighted by molar-refractivity contribution is -0.165. The van der Waals surface area contributed by atoms with Crippen molar-refractivity contribution in [2.24, 2.45) is 0 Å². The minimum absolute atomic E-state index is 0.250. The molecule has 0 aliphatic carbocycles. The predicted octanol–water partition coefficient (Wildman–Crippen LogP) is -0.955. The van der Waals surface area contributed by atoms with Crippen LogP contribution in [0.25, 0.3) is 0 Å². The smallest absolute Gasteiger partial charge is 0.145 e. The molecule has 0 amide bonds. The molecule has 0 aromatic rings. The molecule has 5 atom stereocenters. The van der Waals surface area contributed by atoms with E-state index < -0.39 is 17.7 Å². The van der Waals surface area contributed by atoms with Crippen LogP contribution in [0.1, 0.15) is 6.92 Å². The quantitative estimate of drug-likeness (QED) is 0.561. The SMILES string of the molecule is [B]C1O[C@@]2(C(C)O)COC1C2OC. The first-order chi connectivity index (χ1) is 6.12. The fourth-order valence-corrected chi connectivity index (χ4v) is 2.15. The Morgan fingerprint density at radius 3 is 2.77 bits per heavy atom. The number of aliphatic hydroxyl groups is 1. The van der Waals surface area contributed by atoms with Gasteiger partial charge in [0.1, 0.15) is 25.7 Å². The predicted molar refractivity (Wildman–Crippen MR) is 45.6 cm³/mol. The van der Waals surface area contributed by atoms with Crippen LogP contribution < -0.4 is 0 Å². The fourth-order valence-electron chi connectivity index (χ4n) is 2.15. The lowest BCUT2D eigenvalue weighted by Crippen LogP contribution is -2.50. The topological polar surface area (TPSA) is 47.9 Å². The minimum atomic E-state index is -0.765. The van der Waals surface area contributed by atoms with Gasteiger partial charge in [-0.05, 0) is 6.92 Å². The highest BCUT2D eigenvalue weighted by Gasteiger charge is 2.62. The average molecular weight is 184 g/mol. The maximum atomic E-state index is 9.61. The van der Waals surface area contributed by atoms with Crippen LogP contribution >= 0.6 is 0 Å². The van der Waals surface area contributed by atoms with E-state index in [1.165, 1.54) is 0 Å². The van der Waals surface area contributed by atoms with Crippen LogP contribution in [-0.4, -0.2) is 56.6 Å². The van der Waals surface area contributed by atoms with Crippen molar-refractivity contribution in [2.45, 2.75) is 36.8 Å². The Morgan fingerprint density at radius 1 is 1.69 bits per heavy atom. The maximum absolute atomic E-state index is 9.61. The van der Waals surface area contributed by atoms with E-state index in [-0.39, 0.29) is 12.2 Å². The zero-order chi connectivity index (χ0) is 9.64. The molecule has 0 saturated carbocycles. The Hall–Kier alpha value is -0.0951. The first-order valence-electron chi connectivity index (χ1n) is 4.37. The van der Waals surface area contributed by atoms with Gasteiger partial charge in [-0.15, -0.1) is 0 Å². The van der Waals surface area contributed by atoms with Gasteiger partial charge in [-0.1, -0.05) is 0 Å². The molecular weight excluding hydrogens is 171 g/mol. The summed E-state index contributed by atoms with van der Waals surface area (Å²) in [5, 5.41) is 9.61. The van der Waals surface area contributed by atoms with E-state index >= 15 is 0 Å². The molecule has 13 heavy (non-hydrogen) atoms. The van der Waals surface area contributed by atoms with Gasteiger partial charge in [0.15, 0.2) is 0 Å². The number of ether oxygens (including phenoxy) is 3. The van der Waals surface area contributed by atoms with E-state index in [2.05, 4.69) is 0 Å². The maximum Gasteiger partial charge on any atom is 0.145 e. The highest BCUT2D eigenvalue weighted by molar-refractivity contribution is 6.11. The van der Waals surface area contributed by atoms with Crippen molar-refractivity contribution in [1.82, 2.24) is 0 Å². The molecule has 72 valence electrons. The Bertz CT molecular complexity index is 210. The summed E-state index contributed by atoms with van der Waals surface area (Å²) in [4.78, 5) is 0. The summed E-state index contributed by atoms with van der Waals surface area (Å²) < 4.78 is 16.1. The minimum Gasteiger partial charge on any atom is -0.390 e. The highest BCUT2D eigenvalue weighted by Crippen LogP contribution is 2.42. The van der Waals surface area contributed by atoms with Crippen LogP contribution in [-0.2, 0) is 14.2 Å². The molecule has 4 unspecified atom stereocenters. The molecule has 0 aromatic carbocycles. The zero-order valence-corrected chi connectivity index (χ0v) is 7.77. The normalized spacial score (nSPS) is 51.2. The fraction of sp³-hybridized carbons (Fsp3) is 1.00. The van der Waals surface area contributed by atoms with Crippen LogP contribution in [0.15, 0.2) is 0 Å². The Labute approximate surface area is 78.6 Å². The van der Waals surface area contributed by atoms with Crippen molar-refractivity contribution in [2.75, 3.05) is 13.7 Å². The summed E-state index contributed by atoms with van der Waals surface area (Å²) in [6.07, 6.45) is -1.15. The molecule has 1 N–H and O–H groups in total. The van der Waals surface area contributed by atoms with Crippen LogP contribution in [0.2, 0.25) is 0 Å². The molecule has 2 bridgehead atoms. The Morgan fingerprint density at radius 2 is 2.38 bits per heavy atom. The molecule has 0 aromatic heterocycles.